The van der Waals surface area contributed by atoms with Crippen LogP contribution >= 0.6 is 0 Å². The number of carboxylic acid groups (broad SMARTS) is 1. The van der Waals surface area contributed by atoms with E-state index in [1.165, 1.54) is 30.1 Å². The molecule has 16 heteroatoms. The molecule has 232 valence electrons. The normalized spacial score (nSPS) is 13.5. The van der Waals surface area contributed by atoms with Crippen molar-refractivity contribution in [2.45, 2.75) is 24.9 Å². The van der Waals surface area contributed by atoms with Crippen molar-refractivity contribution in [1.29, 1.82) is 0 Å². The van der Waals surface area contributed by atoms with Gasteiger partial charge in [0.1, 0.15) is 5.82 Å². The number of hydrogen-bond acceptors (Lipinski definition) is 7. The summed E-state index contributed by atoms with van der Waals surface area (Å²) < 4.78 is 73.7. The van der Waals surface area contributed by atoms with Crippen LogP contribution < -0.4 is 14.9 Å². The molecule has 1 fully saturated rings. The van der Waals surface area contributed by atoms with Gasteiger partial charge in [-0.15, -0.1) is 0 Å². The van der Waals surface area contributed by atoms with Gasteiger partial charge in [0.25, 0.3) is 15.9 Å². The van der Waals surface area contributed by atoms with Gasteiger partial charge in [-0.3, -0.25) is 14.3 Å². The summed E-state index contributed by atoms with van der Waals surface area (Å²) in [7, 11) is -2.50. The molecule has 42 heavy (non-hydrogen) atoms. The fourth-order valence-electron chi connectivity index (χ4n) is 3.92. The lowest BCUT2D eigenvalue weighted by atomic mass is 10.1. The minimum absolute atomic E-state index is 0.0866. The molecule has 0 saturated carbocycles. The smallest absolute Gasteiger partial charge is 0.475 e. The summed E-state index contributed by atoms with van der Waals surface area (Å²) in [5.74, 6) is -3.87. The summed E-state index contributed by atoms with van der Waals surface area (Å²) >= 11 is 0. The molecule has 2 aromatic carbocycles. The highest BCUT2D eigenvalue weighted by Crippen LogP contribution is 2.30. The Morgan fingerprint density at radius 2 is 1.57 bits per heavy atom. The number of benzene rings is 2. The van der Waals surface area contributed by atoms with Gasteiger partial charge in [-0.05, 0) is 56.3 Å². The second kappa shape index (κ2) is 14.8. The molecular formula is C26H33F4N5O6S. The Balaban J connectivity index is 0.000000782. The summed E-state index contributed by atoms with van der Waals surface area (Å²) in [4.78, 5) is 39.3. The predicted octanol–water partition coefficient (Wildman–Crippen LogP) is 2.61. The van der Waals surface area contributed by atoms with Crippen molar-refractivity contribution < 1.29 is 45.5 Å². The third-order valence-electron chi connectivity index (χ3n) is 6.15. The van der Waals surface area contributed by atoms with Gasteiger partial charge in [-0.25, -0.2) is 17.6 Å². The lowest BCUT2D eigenvalue weighted by molar-refractivity contribution is -0.192. The summed E-state index contributed by atoms with van der Waals surface area (Å²) in [6, 6.07) is 9.35. The molecule has 0 radical (unpaired) electrons. The van der Waals surface area contributed by atoms with E-state index < -0.39 is 33.9 Å². The third kappa shape index (κ3) is 9.58. The van der Waals surface area contributed by atoms with Crippen LogP contribution in [0, 0.1) is 5.82 Å². The predicted molar refractivity (Wildman–Crippen MR) is 147 cm³/mol. The first kappa shape index (κ1) is 34.3. The SMILES string of the molecule is CCN(CC)C(=O)CN(C)C(=O)c1ccc(N2CCNCC2)c(NS(=O)(=O)c2ccc(F)cc2)c1.O=C(O)C(F)(F)F. The Hall–Kier alpha value is -3.92. The number of amides is 2. The molecule has 0 atom stereocenters. The number of carbonyl (C=O) groups is 3. The second-order valence-electron chi connectivity index (χ2n) is 9.06. The average Bonchev–Trinajstić information content (AvgIpc) is 2.93. The highest BCUT2D eigenvalue weighted by Gasteiger charge is 2.38. The number of carboxylic acids is 1. The van der Waals surface area contributed by atoms with E-state index in [1.807, 2.05) is 18.7 Å². The minimum Gasteiger partial charge on any atom is -0.475 e. The largest absolute Gasteiger partial charge is 0.490 e. The number of likely N-dealkylation sites (N-methyl/N-ethyl adjacent to an activating group) is 2. The topological polar surface area (TPSA) is 139 Å². The van der Waals surface area contributed by atoms with E-state index in [0.717, 1.165) is 25.2 Å². The minimum atomic E-state index is -5.08. The van der Waals surface area contributed by atoms with Crippen LogP contribution in [0.15, 0.2) is 47.4 Å². The van der Waals surface area contributed by atoms with E-state index in [1.54, 1.807) is 17.0 Å². The van der Waals surface area contributed by atoms with Gasteiger partial charge in [-0.2, -0.15) is 13.2 Å². The van der Waals surface area contributed by atoms with E-state index >= 15 is 0 Å². The number of halogens is 4. The number of hydrogen-bond donors (Lipinski definition) is 3. The van der Waals surface area contributed by atoms with Gasteiger partial charge in [-0.1, -0.05) is 0 Å². The Bertz CT molecular complexity index is 1350. The van der Waals surface area contributed by atoms with Crippen molar-refractivity contribution in [3.05, 3.63) is 53.8 Å². The van der Waals surface area contributed by atoms with Crippen LogP contribution in [0.5, 0.6) is 0 Å². The van der Waals surface area contributed by atoms with Crippen molar-refractivity contribution in [2.24, 2.45) is 0 Å². The van der Waals surface area contributed by atoms with Crippen LogP contribution in [0.4, 0.5) is 28.9 Å². The Morgan fingerprint density at radius 1 is 1.02 bits per heavy atom. The maximum atomic E-state index is 13.3. The second-order valence-corrected chi connectivity index (χ2v) is 10.7. The lowest BCUT2D eigenvalue weighted by Crippen LogP contribution is -2.44. The molecule has 2 aromatic rings. The number of rotatable bonds is 9. The van der Waals surface area contributed by atoms with Crippen molar-refractivity contribution in [3.8, 4) is 0 Å². The number of aliphatic carboxylic acids is 1. The number of sulfonamides is 1. The van der Waals surface area contributed by atoms with Crippen LogP contribution in [0.2, 0.25) is 0 Å². The molecule has 0 unspecified atom stereocenters. The monoisotopic (exact) mass is 619 g/mol. The zero-order valence-corrected chi connectivity index (χ0v) is 24.1. The Morgan fingerprint density at radius 3 is 2.07 bits per heavy atom. The maximum Gasteiger partial charge on any atom is 0.490 e. The van der Waals surface area contributed by atoms with Gasteiger partial charge in [0.2, 0.25) is 5.91 Å². The first-order valence-corrected chi connectivity index (χ1v) is 14.3. The molecule has 1 aliphatic heterocycles. The van der Waals surface area contributed by atoms with Crippen molar-refractivity contribution in [3.63, 3.8) is 0 Å². The molecule has 3 N–H and O–H groups in total. The van der Waals surface area contributed by atoms with Gasteiger partial charge in [0.05, 0.1) is 22.8 Å². The van der Waals surface area contributed by atoms with Crippen LogP contribution in [0.3, 0.4) is 0 Å². The maximum absolute atomic E-state index is 13.3. The van der Waals surface area contributed by atoms with Crippen molar-refractivity contribution in [2.75, 3.05) is 62.5 Å². The van der Waals surface area contributed by atoms with Crippen LogP contribution in [0.25, 0.3) is 0 Å². The lowest BCUT2D eigenvalue weighted by Gasteiger charge is -2.31. The number of anilines is 2. The molecule has 1 saturated heterocycles. The molecule has 1 aliphatic rings. The zero-order valence-electron chi connectivity index (χ0n) is 23.2. The van der Waals surface area contributed by atoms with E-state index in [4.69, 9.17) is 9.90 Å². The highest BCUT2D eigenvalue weighted by atomic mass is 32.2. The van der Waals surface area contributed by atoms with E-state index in [9.17, 15) is 35.6 Å². The Kier molecular flexibility index (Phi) is 12.1. The summed E-state index contributed by atoms with van der Waals surface area (Å²) in [5, 5.41) is 10.4. The molecular weight excluding hydrogens is 586 g/mol. The fraction of sp³-hybridized carbons (Fsp3) is 0.423. The van der Waals surface area contributed by atoms with E-state index in [-0.39, 0.29) is 28.6 Å². The molecule has 1 heterocycles. The van der Waals surface area contributed by atoms with E-state index in [2.05, 4.69) is 10.0 Å². The van der Waals surface area contributed by atoms with Crippen molar-refractivity contribution >= 4 is 39.2 Å². The van der Waals surface area contributed by atoms with Crippen molar-refractivity contribution in [1.82, 2.24) is 15.1 Å². The summed E-state index contributed by atoms with van der Waals surface area (Å²) in [5.41, 5.74) is 1.12. The molecule has 0 aromatic heterocycles. The van der Waals surface area contributed by atoms with Crippen LogP contribution in [0.1, 0.15) is 24.2 Å². The number of nitrogens with one attached hydrogen (secondary N) is 2. The summed E-state index contributed by atoms with van der Waals surface area (Å²) in [6.07, 6.45) is -5.08. The standard InChI is InChI=1S/C24H32FN5O4S.C2HF3O2/c1-4-29(5-2)23(31)17-28(3)24(32)18-6-11-22(30-14-12-26-13-15-30)21(16-18)27-35(33,34)20-9-7-19(25)8-10-20;3-2(4,5)1(6)7/h6-11,16,26-27H,4-5,12-15,17H2,1-3H3;(H,6,7). The Labute approximate surface area is 241 Å². The molecule has 0 bridgehead atoms. The van der Waals surface area contributed by atoms with Gasteiger partial charge >= 0.3 is 12.1 Å². The van der Waals surface area contributed by atoms with Gasteiger partial charge in [0, 0.05) is 51.9 Å². The first-order valence-electron chi connectivity index (χ1n) is 12.8. The number of alkyl halides is 3. The third-order valence-corrected chi connectivity index (χ3v) is 7.53. The molecule has 3 rings (SSSR count). The number of piperazine rings is 1. The summed E-state index contributed by atoms with van der Waals surface area (Å²) in [6.45, 7) is 7.56. The van der Waals surface area contributed by atoms with E-state index in [0.29, 0.717) is 31.9 Å². The molecule has 2 amide bonds. The molecule has 0 spiro atoms. The van der Waals surface area contributed by atoms with Gasteiger partial charge < -0.3 is 25.1 Å². The zero-order chi connectivity index (χ0) is 31.7. The fourth-order valence-corrected chi connectivity index (χ4v) is 4.99. The number of nitrogens with zero attached hydrogens (tertiary/aromatic N) is 3. The highest BCUT2D eigenvalue weighted by molar-refractivity contribution is 7.92. The average molecular weight is 620 g/mol. The quantitative estimate of drug-likeness (QED) is 0.364. The first-order chi connectivity index (χ1) is 19.6. The molecule has 11 nitrogen and oxygen atoms in total. The number of carbonyl (C=O) groups excluding carboxylic acids is 2. The molecule has 0 aliphatic carbocycles. The van der Waals surface area contributed by atoms with Crippen LogP contribution in [-0.2, 0) is 19.6 Å². The van der Waals surface area contributed by atoms with Gasteiger partial charge in [0.15, 0.2) is 0 Å². The van der Waals surface area contributed by atoms with Crippen LogP contribution in [-0.4, -0.2) is 100 Å².